The quantitative estimate of drug-likeness (QED) is 0.447. The van der Waals surface area contributed by atoms with Gasteiger partial charge in [0.2, 0.25) is 0 Å². The first-order valence-corrected chi connectivity index (χ1v) is 12.3. The van der Waals surface area contributed by atoms with Crippen LogP contribution in [0.3, 0.4) is 0 Å². The van der Waals surface area contributed by atoms with Gasteiger partial charge in [0.15, 0.2) is 0 Å². The summed E-state index contributed by atoms with van der Waals surface area (Å²) < 4.78 is 1.11. The van der Waals surface area contributed by atoms with Gasteiger partial charge in [-0.3, -0.25) is 4.79 Å². The van der Waals surface area contributed by atoms with Gasteiger partial charge in [0.1, 0.15) is 5.69 Å². The molecule has 0 bridgehead atoms. The summed E-state index contributed by atoms with van der Waals surface area (Å²) in [6, 6.07) is 12.1. The Kier molecular flexibility index (Phi) is 5.80. The molecule has 1 aromatic carbocycles. The smallest absolute Gasteiger partial charge is 0.270 e. The van der Waals surface area contributed by atoms with Gasteiger partial charge in [0, 0.05) is 10.9 Å². The Hall–Kier alpha value is -2.61. The minimum Gasteiger partial charge on any atom is -0.391 e. The number of carbonyl (C=O) groups excluding carboxylic acids is 1. The minimum atomic E-state index is -0.474. The number of nitrogens with one attached hydrogen (secondary N) is 1. The third-order valence-corrected chi connectivity index (χ3v) is 7.41. The Morgan fingerprint density at radius 3 is 2.77 bits per heavy atom. The van der Waals surface area contributed by atoms with Crippen molar-refractivity contribution in [1.29, 1.82) is 0 Å². The molecule has 7 heteroatoms. The van der Waals surface area contributed by atoms with Gasteiger partial charge in [-0.25, -0.2) is 9.97 Å². The zero-order valence-corrected chi connectivity index (χ0v) is 18.6. The highest BCUT2D eigenvalue weighted by Gasteiger charge is 2.25. The first kappa shape index (κ1) is 20.3. The molecule has 1 amide bonds. The van der Waals surface area contributed by atoms with Crippen molar-refractivity contribution < 1.29 is 9.90 Å². The molecule has 1 aliphatic rings. The molecule has 0 spiro atoms. The fraction of sp³-hybridized carbons (Fsp3) is 0.292. The molecule has 3 heterocycles. The van der Waals surface area contributed by atoms with Crippen LogP contribution in [0.1, 0.15) is 47.3 Å². The molecular weight excluding hydrogens is 426 g/mol. The van der Waals surface area contributed by atoms with E-state index in [1.807, 2.05) is 28.4 Å². The van der Waals surface area contributed by atoms with Gasteiger partial charge in [0.05, 0.1) is 33.6 Å². The number of carbonyl (C=O) groups is 1. The predicted molar refractivity (Wildman–Crippen MR) is 126 cm³/mol. The molecule has 5 nitrogen and oxygen atoms in total. The van der Waals surface area contributed by atoms with E-state index in [0.29, 0.717) is 5.69 Å². The lowest BCUT2D eigenvalue weighted by Crippen LogP contribution is -2.45. The van der Waals surface area contributed by atoms with Crippen molar-refractivity contribution in [1.82, 2.24) is 15.3 Å². The number of thiazole rings is 1. The second-order valence-electron chi connectivity index (χ2n) is 7.98. The molecular formula is C24H23N3O2S2. The zero-order chi connectivity index (χ0) is 21.2. The van der Waals surface area contributed by atoms with Gasteiger partial charge in [-0.2, -0.15) is 0 Å². The Balaban J connectivity index is 1.39. The summed E-state index contributed by atoms with van der Waals surface area (Å²) in [7, 11) is 0. The Morgan fingerprint density at radius 2 is 2.00 bits per heavy atom. The number of amides is 1. The van der Waals surface area contributed by atoms with Crippen LogP contribution in [-0.2, 0) is 6.42 Å². The van der Waals surface area contributed by atoms with Gasteiger partial charge in [-0.1, -0.05) is 37.1 Å². The van der Waals surface area contributed by atoms with Crippen LogP contribution in [0.15, 0.2) is 52.7 Å². The second-order valence-corrected chi connectivity index (χ2v) is 9.62. The summed E-state index contributed by atoms with van der Waals surface area (Å²) in [4.78, 5) is 21.9. The molecule has 2 atom stereocenters. The van der Waals surface area contributed by atoms with Gasteiger partial charge in [-0.05, 0) is 47.9 Å². The average Bonchev–Trinajstić information content (AvgIpc) is 3.48. The number of thiophene rings is 1. The molecule has 0 aliphatic heterocycles. The van der Waals surface area contributed by atoms with Crippen LogP contribution in [0.4, 0.5) is 0 Å². The average molecular weight is 450 g/mol. The summed E-state index contributed by atoms with van der Waals surface area (Å²) in [6.45, 7) is 0. The molecule has 1 saturated carbocycles. The van der Waals surface area contributed by atoms with Gasteiger partial charge < -0.3 is 10.4 Å². The molecule has 5 rings (SSSR count). The molecule has 2 N–H and O–H groups in total. The van der Waals surface area contributed by atoms with Crippen molar-refractivity contribution in [2.75, 3.05) is 0 Å². The fourth-order valence-corrected chi connectivity index (χ4v) is 5.57. The van der Waals surface area contributed by atoms with Crippen LogP contribution in [0.25, 0.3) is 21.5 Å². The topological polar surface area (TPSA) is 75.1 Å². The van der Waals surface area contributed by atoms with Crippen molar-refractivity contribution in [3.05, 3.63) is 69.5 Å². The molecule has 4 aromatic rings. The van der Waals surface area contributed by atoms with Crippen LogP contribution in [0.5, 0.6) is 0 Å². The van der Waals surface area contributed by atoms with E-state index in [-0.39, 0.29) is 11.9 Å². The summed E-state index contributed by atoms with van der Waals surface area (Å²) in [5, 5.41) is 17.3. The highest BCUT2D eigenvalue weighted by atomic mass is 32.1. The van der Waals surface area contributed by atoms with E-state index in [9.17, 15) is 9.90 Å². The highest BCUT2D eigenvalue weighted by Crippen LogP contribution is 2.28. The zero-order valence-electron chi connectivity index (χ0n) is 17.0. The van der Waals surface area contributed by atoms with Crippen LogP contribution < -0.4 is 5.32 Å². The van der Waals surface area contributed by atoms with E-state index in [1.54, 1.807) is 22.7 Å². The summed E-state index contributed by atoms with van der Waals surface area (Å²) in [6.07, 6.45) is 3.84. The fourth-order valence-electron chi connectivity index (χ4n) is 4.16. The summed E-state index contributed by atoms with van der Waals surface area (Å²) in [5.74, 6) is -0.209. The number of aromatic nitrogens is 2. The Morgan fingerprint density at radius 1 is 1.16 bits per heavy atom. The maximum absolute atomic E-state index is 12.9. The van der Waals surface area contributed by atoms with Crippen molar-refractivity contribution in [3.8, 4) is 11.3 Å². The number of pyridine rings is 1. The van der Waals surface area contributed by atoms with Crippen molar-refractivity contribution in [2.45, 2.75) is 44.2 Å². The Labute approximate surface area is 188 Å². The van der Waals surface area contributed by atoms with E-state index in [4.69, 9.17) is 0 Å². The monoisotopic (exact) mass is 449 g/mol. The lowest BCUT2D eigenvalue weighted by atomic mass is 9.92. The number of hydrogen-bond donors (Lipinski definition) is 2. The van der Waals surface area contributed by atoms with Gasteiger partial charge in [0.25, 0.3) is 5.91 Å². The van der Waals surface area contributed by atoms with Crippen LogP contribution in [-0.4, -0.2) is 33.1 Å². The molecule has 0 unspecified atom stereocenters. The number of aliphatic hydroxyl groups excluding tert-OH is 1. The van der Waals surface area contributed by atoms with Crippen molar-refractivity contribution in [2.24, 2.45) is 0 Å². The molecule has 0 radical (unpaired) electrons. The van der Waals surface area contributed by atoms with Gasteiger partial charge in [-0.15, -0.1) is 22.7 Å². The number of nitrogens with zero attached hydrogens (tertiary/aromatic N) is 2. The Bertz CT molecular complexity index is 1190. The summed E-state index contributed by atoms with van der Waals surface area (Å²) in [5.41, 5.74) is 7.46. The normalized spacial score (nSPS) is 18.9. The van der Waals surface area contributed by atoms with Crippen LogP contribution in [0, 0.1) is 0 Å². The second kappa shape index (κ2) is 8.86. The molecule has 1 fully saturated rings. The van der Waals surface area contributed by atoms with E-state index in [2.05, 4.69) is 39.6 Å². The van der Waals surface area contributed by atoms with E-state index >= 15 is 0 Å². The predicted octanol–water partition coefficient (Wildman–Crippen LogP) is 5.04. The largest absolute Gasteiger partial charge is 0.391 e. The third-order valence-electron chi connectivity index (χ3n) is 5.84. The van der Waals surface area contributed by atoms with Crippen molar-refractivity contribution >= 4 is 38.8 Å². The lowest BCUT2D eigenvalue weighted by molar-refractivity contribution is 0.0714. The van der Waals surface area contributed by atoms with E-state index < -0.39 is 6.10 Å². The maximum atomic E-state index is 12.9. The maximum Gasteiger partial charge on any atom is 0.270 e. The third kappa shape index (κ3) is 4.39. The SMILES string of the molecule is O=C(N[C@H]1CCCC[C@@H]1O)c1cc(Cc2ccc(-c3cscn3)cc2)c2sccc2n1. The van der Waals surface area contributed by atoms with E-state index in [1.165, 1.54) is 5.56 Å². The molecule has 158 valence electrons. The number of benzene rings is 1. The number of rotatable bonds is 5. The first-order valence-electron chi connectivity index (χ1n) is 10.5. The number of hydrogen-bond acceptors (Lipinski definition) is 6. The van der Waals surface area contributed by atoms with E-state index in [0.717, 1.165) is 59.1 Å². The summed E-state index contributed by atoms with van der Waals surface area (Å²) >= 11 is 3.24. The highest BCUT2D eigenvalue weighted by molar-refractivity contribution is 7.17. The number of aliphatic hydroxyl groups is 1. The van der Waals surface area contributed by atoms with Crippen LogP contribution in [0.2, 0.25) is 0 Å². The standard InChI is InChI=1S/C24H23N3O2S2/c28-22-4-2-1-3-18(22)27-24(29)20-12-17(23-19(26-20)9-10-31-23)11-15-5-7-16(8-6-15)21-13-30-14-25-21/h5-10,12-14,18,22,28H,1-4,11H2,(H,27,29)/t18-,22-/m0/s1. The number of fused-ring (bicyclic) bond motifs is 1. The molecule has 1 aliphatic carbocycles. The first-order chi connectivity index (χ1) is 15.2. The molecule has 0 saturated heterocycles. The van der Waals surface area contributed by atoms with Crippen LogP contribution >= 0.6 is 22.7 Å². The van der Waals surface area contributed by atoms with Gasteiger partial charge >= 0.3 is 0 Å². The molecule has 31 heavy (non-hydrogen) atoms. The van der Waals surface area contributed by atoms with Crippen molar-refractivity contribution in [3.63, 3.8) is 0 Å². The molecule has 3 aromatic heterocycles. The lowest BCUT2D eigenvalue weighted by Gasteiger charge is -2.28. The minimum absolute atomic E-state index is 0.192.